The third-order valence-corrected chi connectivity index (χ3v) is 7.15. The first kappa shape index (κ1) is 21.2. The van der Waals surface area contributed by atoms with Gasteiger partial charge in [-0.05, 0) is 36.4 Å². The lowest BCUT2D eigenvalue weighted by Crippen LogP contribution is -2.50. The van der Waals surface area contributed by atoms with Gasteiger partial charge in [0, 0.05) is 46.6 Å². The zero-order chi connectivity index (χ0) is 21.5. The first-order valence-corrected chi connectivity index (χ1v) is 12.3. The van der Waals surface area contributed by atoms with Gasteiger partial charge in [0.2, 0.25) is 10.0 Å². The van der Waals surface area contributed by atoms with Gasteiger partial charge < -0.3 is 4.90 Å². The number of fused-ring (bicyclic) bond motifs is 1. The number of hydrogen-bond donors (Lipinski definition) is 0. The fraction of sp³-hybridized carbons (Fsp3) is 0.238. The highest BCUT2D eigenvalue weighted by Gasteiger charge is 2.28. The van der Waals surface area contributed by atoms with Crippen molar-refractivity contribution in [3.63, 3.8) is 0 Å². The summed E-state index contributed by atoms with van der Waals surface area (Å²) < 4.78 is 25.9. The normalized spacial score (nSPS) is 15.5. The van der Waals surface area contributed by atoms with Crippen molar-refractivity contribution in [3.8, 4) is 11.3 Å². The summed E-state index contributed by atoms with van der Waals surface area (Å²) in [6.45, 7) is 1.24. The van der Waals surface area contributed by atoms with Gasteiger partial charge >= 0.3 is 0 Å². The summed E-state index contributed by atoms with van der Waals surface area (Å²) >= 11 is 9.67. The topological polar surface area (TPSA) is 70.6 Å². The molecule has 4 rings (SSSR count). The van der Waals surface area contributed by atoms with E-state index in [1.54, 1.807) is 29.2 Å². The summed E-state index contributed by atoms with van der Waals surface area (Å²) in [7, 11) is -3.26. The smallest absolute Gasteiger partial charge is 0.254 e. The maximum Gasteiger partial charge on any atom is 0.254 e. The largest absolute Gasteiger partial charge is 0.336 e. The van der Waals surface area contributed by atoms with Gasteiger partial charge in [0.15, 0.2) is 0 Å². The number of carbonyl (C=O) groups is 1. The van der Waals surface area contributed by atoms with Crippen molar-refractivity contribution in [3.05, 3.63) is 63.6 Å². The molecule has 1 aromatic heterocycles. The highest BCUT2D eigenvalue weighted by atomic mass is 79.9. The molecule has 0 atom stereocenters. The van der Waals surface area contributed by atoms with Crippen LogP contribution in [0.4, 0.5) is 0 Å². The van der Waals surface area contributed by atoms with Crippen LogP contribution in [0.15, 0.2) is 53.0 Å². The summed E-state index contributed by atoms with van der Waals surface area (Å²) in [4.78, 5) is 19.8. The van der Waals surface area contributed by atoms with E-state index in [9.17, 15) is 13.2 Å². The van der Waals surface area contributed by atoms with Gasteiger partial charge in [-0.3, -0.25) is 4.79 Å². The second-order valence-electron chi connectivity index (χ2n) is 7.18. The monoisotopic (exact) mass is 507 g/mol. The summed E-state index contributed by atoms with van der Waals surface area (Å²) in [6.07, 6.45) is 1.19. The van der Waals surface area contributed by atoms with Crippen LogP contribution in [0, 0.1) is 0 Å². The minimum absolute atomic E-state index is 0.158. The average Bonchev–Trinajstić information content (AvgIpc) is 2.72. The second-order valence-corrected chi connectivity index (χ2v) is 10.5. The van der Waals surface area contributed by atoms with Crippen molar-refractivity contribution in [2.75, 3.05) is 32.4 Å². The van der Waals surface area contributed by atoms with Crippen molar-refractivity contribution in [2.45, 2.75) is 0 Å². The van der Waals surface area contributed by atoms with Gasteiger partial charge in [-0.15, -0.1) is 0 Å². The Balaban J connectivity index is 1.75. The standard InChI is InChI=1S/C21H19BrClN3O3S/c1-30(28,29)26-9-7-25(8-10-26)21(27)18-13-20(14-3-2-4-15(22)11-14)24-19-6-5-16(23)12-17(18)19/h2-6,11-13H,7-10H2,1H3. The summed E-state index contributed by atoms with van der Waals surface area (Å²) in [5.74, 6) is -0.158. The predicted octanol–water partition coefficient (Wildman–Crippen LogP) is 4.04. The van der Waals surface area contributed by atoms with Crippen LogP contribution in [0.25, 0.3) is 22.2 Å². The molecule has 1 aliphatic rings. The second kappa shape index (κ2) is 8.26. The van der Waals surface area contributed by atoms with Crippen molar-refractivity contribution in [1.29, 1.82) is 0 Å². The number of amides is 1. The Morgan fingerprint density at radius 1 is 1.07 bits per heavy atom. The van der Waals surface area contributed by atoms with Gasteiger partial charge in [-0.1, -0.05) is 39.7 Å². The number of halogens is 2. The number of carbonyl (C=O) groups excluding carboxylic acids is 1. The van der Waals surface area contributed by atoms with E-state index in [1.165, 1.54) is 10.6 Å². The average molecular weight is 509 g/mol. The molecule has 30 heavy (non-hydrogen) atoms. The lowest BCUT2D eigenvalue weighted by Gasteiger charge is -2.33. The molecule has 156 valence electrons. The number of pyridine rings is 1. The van der Waals surface area contributed by atoms with Gasteiger partial charge in [0.1, 0.15) is 0 Å². The van der Waals surface area contributed by atoms with E-state index in [4.69, 9.17) is 16.6 Å². The first-order valence-electron chi connectivity index (χ1n) is 9.33. The van der Waals surface area contributed by atoms with Gasteiger partial charge in [-0.2, -0.15) is 4.31 Å². The molecule has 1 amide bonds. The van der Waals surface area contributed by atoms with E-state index < -0.39 is 10.0 Å². The van der Waals surface area contributed by atoms with E-state index in [2.05, 4.69) is 15.9 Å². The molecule has 0 radical (unpaired) electrons. The van der Waals surface area contributed by atoms with E-state index in [0.717, 1.165) is 10.0 Å². The lowest BCUT2D eigenvalue weighted by molar-refractivity contribution is 0.0700. The summed E-state index contributed by atoms with van der Waals surface area (Å²) in [5.41, 5.74) is 2.75. The van der Waals surface area contributed by atoms with Crippen LogP contribution in [0.5, 0.6) is 0 Å². The minimum Gasteiger partial charge on any atom is -0.336 e. The number of sulfonamides is 1. The molecule has 0 unspecified atom stereocenters. The Bertz CT molecular complexity index is 1240. The Hall–Kier alpha value is -2.00. The zero-order valence-corrected chi connectivity index (χ0v) is 19.3. The molecule has 0 N–H and O–H groups in total. The van der Waals surface area contributed by atoms with E-state index >= 15 is 0 Å². The molecule has 3 aromatic rings. The number of aromatic nitrogens is 1. The fourth-order valence-electron chi connectivity index (χ4n) is 3.56. The lowest BCUT2D eigenvalue weighted by atomic mass is 10.0. The minimum atomic E-state index is -3.26. The van der Waals surface area contributed by atoms with Crippen molar-refractivity contribution in [2.24, 2.45) is 0 Å². The fourth-order valence-corrected chi connectivity index (χ4v) is 4.96. The van der Waals surface area contributed by atoms with Crippen molar-refractivity contribution >= 4 is 54.4 Å². The number of piperazine rings is 1. The Kier molecular flexibility index (Phi) is 5.85. The molecule has 6 nitrogen and oxygen atoms in total. The number of benzene rings is 2. The van der Waals surface area contributed by atoms with Crippen LogP contribution in [-0.2, 0) is 10.0 Å². The molecule has 1 aliphatic heterocycles. The SMILES string of the molecule is CS(=O)(=O)N1CCN(C(=O)c2cc(-c3cccc(Br)c3)nc3ccc(Cl)cc23)CC1. The molecule has 0 spiro atoms. The predicted molar refractivity (Wildman–Crippen MR) is 122 cm³/mol. The third kappa shape index (κ3) is 4.37. The quantitative estimate of drug-likeness (QED) is 0.535. The summed E-state index contributed by atoms with van der Waals surface area (Å²) in [5, 5.41) is 1.20. The Labute approximate surface area is 188 Å². The van der Waals surface area contributed by atoms with Crippen LogP contribution in [0.1, 0.15) is 10.4 Å². The van der Waals surface area contributed by atoms with E-state index in [-0.39, 0.29) is 19.0 Å². The number of hydrogen-bond acceptors (Lipinski definition) is 4. The van der Waals surface area contributed by atoms with Crippen molar-refractivity contribution in [1.82, 2.24) is 14.2 Å². The molecule has 9 heteroatoms. The molecular weight excluding hydrogens is 490 g/mol. The van der Waals surface area contributed by atoms with Crippen LogP contribution in [-0.4, -0.2) is 60.9 Å². The van der Waals surface area contributed by atoms with Gasteiger partial charge in [-0.25, -0.2) is 13.4 Å². The number of rotatable bonds is 3. The molecule has 0 saturated carbocycles. The van der Waals surface area contributed by atoms with Gasteiger partial charge in [0.05, 0.1) is 23.0 Å². The van der Waals surface area contributed by atoms with Crippen LogP contribution < -0.4 is 0 Å². The molecule has 1 fully saturated rings. The zero-order valence-electron chi connectivity index (χ0n) is 16.2. The molecular formula is C21H19BrClN3O3S. The molecule has 0 bridgehead atoms. The molecule has 0 aliphatic carbocycles. The summed E-state index contributed by atoms with van der Waals surface area (Å²) in [6, 6.07) is 14.8. The molecule has 2 aromatic carbocycles. The number of nitrogens with zero attached hydrogens (tertiary/aromatic N) is 3. The highest BCUT2D eigenvalue weighted by Crippen LogP contribution is 2.29. The van der Waals surface area contributed by atoms with Gasteiger partial charge in [0.25, 0.3) is 5.91 Å². The van der Waals surface area contributed by atoms with Crippen LogP contribution in [0.3, 0.4) is 0 Å². The maximum atomic E-state index is 13.4. The molecule has 1 saturated heterocycles. The highest BCUT2D eigenvalue weighted by molar-refractivity contribution is 9.10. The Morgan fingerprint density at radius 2 is 1.80 bits per heavy atom. The van der Waals surface area contributed by atoms with Crippen LogP contribution in [0.2, 0.25) is 5.02 Å². The van der Waals surface area contributed by atoms with E-state index in [0.29, 0.717) is 40.3 Å². The maximum absolute atomic E-state index is 13.4. The Morgan fingerprint density at radius 3 is 2.47 bits per heavy atom. The third-order valence-electron chi connectivity index (χ3n) is 5.12. The first-order chi connectivity index (χ1) is 14.2. The molecule has 2 heterocycles. The van der Waals surface area contributed by atoms with Crippen LogP contribution >= 0.6 is 27.5 Å². The van der Waals surface area contributed by atoms with Crippen molar-refractivity contribution < 1.29 is 13.2 Å². The van der Waals surface area contributed by atoms with E-state index in [1.807, 2.05) is 24.3 Å².